The van der Waals surface area contributed by atoms with Crippen molar-refractivity contribution < 1.29 is 9.53 Å². The minimum atomic E-state index is -0.462. The number of carbonyl (C=O) groups is 1. The number of nitrogens with one attached hydrogen (secondary N) is 1. The second kappa shape index (κ2) is 5.54. The van der Waals surface area contributed by atoms with Crippen molar-refractivity contribution in [2.45, 2.75) is 52.6 Å². The highest BCUT2D eigenvalue weighted by molar-refractivity contribution is 7.08. The lowest BCUT2D eigenvalue weighted by atomic mass is 10.0. The van der Waals surface area contributed by atoms with Crippen LogP contribution < -0.4 is 5.32 Å². The summed E-state index contributed by atoms with van der Waals surface area (Å²) in [6.07, 6.45) is 0.667. The average molecular weight is 255 g/mol. The van der Waals surface area contributed by atoms with Crippen LogP contribution in [0.3, 0.4) is 0 Å². The molecule has 1 atom stereocenters. The zero-order valence-electron chi connectivity index (χ0n) is 11.2. The topological polar surface area (TPSA) is 38.3 Å². The molecule has 0 saturated carbocycles. The van der Waals surface area contributed by atoms with Crippen LogP contribution in [0.4, 0.5) is 10.5 Å². The highest BCUT2D eigenvalue weighted by Gasteiger charge is 2.18. The second-order valence-corrected chi connectivity index (χ2v) is 5.92. The molecule has 0 fully saturated rings. The molecule has 3 nitrogen and oxygen atoms in total. The summed E-state index contributed by atoms with van der Waals surface area (Å²) in [7, 11) is 0. The SMILES string of the molecule is CCC(C)c1cscc1NC(=O)OC(C)(C)C. The molecular formula is C13H21NO2S. The third kappa shape index (κ3) is 4.38. The zero-order valence-corrected chi connectivity index (χ0v) is 12.0. The number of amides is 1. The van der Waals surface area contributed by atoms with Crippen molar-refractivity contribution in [1.82, 2.24) is 0 Å². The molecule has 0 aliphatic rings. The predicted octanol–water partition coefficient (Wildman–Crippen LogP) is 4.61. The lowest BCUT2D eigenvalue weighted by Gasteiger charge is -2.20. The van der Waals surface area contributed by atoms with Crippen LogP contribution in [0.1, 0.15) is 52.5 Å². The van der Waals surface area contributed by atoms with E-state index in [1.807, 2.05) is 26.2 Å². The molecular weight excluding hydrogens is 234 g/mol. The average Bonchev–Trinajstić information content (AvgIpc) is 2.61. The number of hydrogen-bond acceptors (Lipinski definition) is 3. The summed E-state index contributed by atoms with van der Waals surface area (Å²) < 4.78 is 5.23. The van der Waals surface area contributed by atoms with Gasteiger partial charge in [0.25, 0.3) is 0 Å². The van der Waals surface area contributed by atoms with Crippen molar-refractivity contribution in [3.63, 3.8) is 0 Å². The van der Waals surface area contributed by atoms with Crippen LogP contribution in [0.2, 0.25) is 0 Å². The Morgan fingerprint density at radius 1 is 1.47 bits per heavy atom. The second-order valence-electron chi connectivity index (χ2n) is 5.18. The van der Waals surface area contributed by atoms with E-state index in [2.05, 4.69) is 24.5 Å². The van der Waals surface area contributed by atoms with Crippen molar-refractivity contribution in [3.05, 3.63) is 16.3 Å². The molecule has 0 aliphatic carbocycles. The minimum absolute atomic E-state index is 0.388. The molecule has 1 aromatic rings. The maximum absolute atomic E-state index is 11.7. The summed E-state index contributed by atoms with van der Waals surface area (Å²) >= 11 is 1.60. The number of carbonyl (C=O) groups excluding carboxylic acids is 1. The first-order chi connectivity index (χ1) is 7.83. The Balaban J connectivity index is 2.69. The van der Waals surface area contributed by atoms with Gasteiger partial charge >= 0.3 is 6.09 Å². The first-order valence-electron chi connectivity index (χ1n) is 5.89. The van der Waals surface area contributed by atoms with Crippen molar-refractivity contribution in [2.75, 3.05) is 5.32 Å². The third-order valence-electron chi connectivity index (χ3n) is 2.47. The van der Waals surface area contributed by atoms with E-state index in [0.717, 1.165) is 12.1 Å². The normalized spacial score (nSPS) is 13.2. The molecule has 17 heavy (non-hydrogen) atoms. The Bertz CT molecular complexity index is 379. The number of ether oxygens (including phenoxy) is 1. The van der Waals surface area contributed by atoms with Gasteiger partial charge < -0.3 is 4.74 Å². The molecule has 4 heteroatoms. The summed E-state index contributed by atoms with van der Waals surface area (Å²) in [6, 6.07) is 0. The van der Waals surface area contributed by atoms with Crippen LogP contribution in [0, 0.1) is 0 Å². The highest BCUT2D eigenvalue weighted by atomic mass is 32.1. The van der Waals surface area contributed by atoms with Crippen LogP contribution in [0.25, 0.3) is 0 Å². The van der Waals surface area contributed by atoms with Gasteiger partial charge in [-0.2, -0.15) is 0 Å². The molecule has 0 aromatic carbocycles. The predicted molar refractivity (Wildman–Crippen MR) is 72.9 cm³/mol. The molecule has 0 aliphatic heterocycles. The van der Waals surface area contributed by atoms with Gasteiger partial charge in [-0.15, -0.1) is 11.3 Å². The van der Waals surface area contributed by atoms with Crippen molar-refractivity contribution >= 4 is 23.1 Å². The van der Waals surface area contributed by atoms with Crippen LogP contribution >= 0.6 is 11.3 Å². The molecule has 1 unspecified atom stereocenters. The molecule has 0 saturated heterocycles. The van der Waals surface area contributed by atoms with Gasteiger partial charge in [-0.05, 0) is 44.1 Å². The quantitative estimate of drug-likeness (QED) is 0.856. The van der Waals surface area contributed by atoms with Crippen molar-refractivity contribution in [1.29, 1.82) is 0 Å². The van der Waals surface area contributed by atoms with E-state index >= 15 is 0 Å². The van der Waals surface area contributed by atoms with E-state index in [-0.39, 0.29) is 6.09 Å². The molecule has 0 bridgehead atoms. The van der Waals surface area contributed by atoms with Crippen LogP contribution in [-0.4, -0.2) is 11.7 Å². The van der Waals surface area contributed by atoms with Gasteiger partial charge in [0.2, 0.25) is 0 Å². The van der Waals surface area contributed by atoms with Gasteiger partial charge in [0.1, 0.15) is 5.60 Å². The number of rotatable bonds is 3. The van der Waals surface area contributed by atoms with Gasteiger partial charge in [-0.1, -0.05) is 13.8 Å². The monoisotopic (exact) mass is 255 g/mol. The Morgan fingerprint density at radius 3 is 2.65 bits per heavy atom. The van der Waals surface area contributed by atoms with E-state index in [1.165, 1.54) is 5.56 Å². The Morgan fingerprint density at radius 2 is 2.12 bits per heavy atom. The first kappa shape index (κ1) is 14.0. The summed E-state index contributed by atoms with van der Waals surface area (Å²) in [5, 5.41) is 6.85. The third-order valence-corrected chi connectivity index (χ3v) is 3.23. The van der Waals surface area contributed by atoms with Crippen LogP contribution in [-0.2, 0) is 4.74 Å². The lowest BCUT2D eigenvalue weighted by Crippen LogP contribution is -2.27. The highest BCUT2D eigenvalue weighted by Crippen LogP contribution is 2.30. The van der Waals surface area contributed by atoms with Gasteiger partial charge in [-0.3, -0.25) is 5.32 Å². The van der Waals surface area contributed by atoms with Crippen molar-refractivity contribution in [2.24, 2.45) is 0 Å². The summed E-state index contributed by atoms with van der Waals surface area (Å²) in [4.78, 5) is 11.7. The number of hydrogen-bond donors (Lipinski definition) is 1. The van der Waals surface area contributed by atoms with Crippen LogP contribution in [0.15, 0.2) is 10.8 Å². The number of anilines is 1. The van der Waals surface area contributed by atoms with E-state index in [4.69, 9.17) is 4.74 Å². The minimum Gasteiger partial charge on any atom is -0.444 e. The van der Waals surface area contributed by atoms with E-state index < -0.39 is 5.60 Å². The van der Waals surface area contributed by atoms with Gasteiger partial charge in [0, 0.05) is 5.38 Å². The fourth-order valence-corrected chi connectivity index (χ4v) is 2.33. The molecule has 1 amide bonds. The van der Waals surface area contributed by atoms with E-state index in [1.54, 1.807) is 11.3 Å². The maximum Gasteiger partial charge on any atom is 0.412 e. The molecule has 96 valence electrons. The van der Waals surface area contributed by atoms with Crippen molar-refractivity contribution in [3.8, 4) is 0 Å². The van der Waals surface area contributed by atoms with Gasteiger partial charge in [0.15, 0.2) is 0 Å². The largest absolute Gasteiger partial charge is 0.444 e. The van der Waals surface area contributed by atoms with Gasteiger partial charge in [-0.25, -0.2) is 4.79 Å². The zero-order chi connectivity index (χ0) is 13.1. The Kier molecular flexibility index (Phi) is 4.57. The van der Waals surface area contributed by atoms with Gasteiger partial charge in [0.05, 0.1) is 5.69 Å². The first-order valence-corrected chi connectivity index (χ1v) is 6.84. The number of thiophene rings is 1. The van der Waals surface area contributed by atoms with Crippen LogP contribution in [0.5, 0.6) is 0 Å². The van der Waals surface area contributed by atoms with E-state index in [9.17, 15) is 4.79 Å². The molecule has 0 radical (unpaired) electrons. The lowest BCUT2D eigenvalue weighted by molar-refractivity contribution is 0.0636. The molecule has 1 aromatic heterocycles. The molecule has 1 rings (SSSR count). The molecule has 0 spiro atoms. The Labute approximate surface area is 107 Å². The summed E-state index contributed by atoms with van der Waals surface area (Å²) in [5.74, 6) is 0.450. The van der Waals surface area contributed by atoms with E-state index in [0.29, 0.717) is 5.92 Å². The fraction of sp³-hybridized carbons (Fsp3) is 0.615. The smallest absolute Gasteiger partial charge is 0.412 e. The summed E-state index contributed by atoms with van der Waals surface area (Å²) in [6.45, 7) is 9.86. The fourth-order valence-electron chi connectivity index (χ4n) is 1.42. The molecule has 1 heterocycles. The standard InChI is InChI=1S/C13H21NO2S/c1-6-9(2)10-7-17-8-11(10)14-12(15)16-13(3,4)5/h7-9H,6H2,1-5H3,(H,14,15). The summed E-state index contributed by atoms with van der Waals surface area (Å²) in [5.41, 5.74) is 1.60. The molecule has 1 N–H and O–H groups in total. The maximum atomic E-state index is 11.7. The Hall–Kier alpha value is -1.03.